The van der Waals surface area contributed by atoms with Crippen molar-refractivity contribution in [1.82, 2.24) is 20.0 Å². The molecule has 0 aliphatic rings. The van der Waals surface area contributed by atoms with Gasteiger partial charge in [0.2, 0.25) is 0 Å². The van der Waals surface area contributed by atoms with E-state index in [1.54, 1.807) is 12.4 Å². The standard InChI is InChI=1S/C12H11N5/c13-12-10(8-14-16-12)9-4-1-2-5-11(9)17-7-3-6-15-17/h1-8H,(H3,13,14,16). The molecule has 0 atom stereocenters. The van der Waals surface area contributed by atoms with Gasteiger partial charge in [0, 0.05) is 23.5 Å². The van der Waals surface area contributed by atoms with Crippen molar-refractivity contribution in [3.63, 3.8) is 0 Å². The maximum atomic E-state index is 5.85. The van der Waals surface area contributed by atoms with Crippen LogP contribution in [0.4, 0.5) is 5.82 Å². The largest absolute Gasteiger partial charge is 0.384 e. The van der Waals surface area contributed by atoms with Gasteiger partial charge in [-0.1, -0.05) is 18.2 Å². The summed E-state index contributed by atoms with van der Waals surface area (Å²) < 4.78 is 1.81. The Bertz CT molecular complexity index is 624. The van der Waals surface area contributed by atoms with E-state index in [9.17, 15) is 0 Å². The minimum Gasteiger partial charge on any atom is -0.384 e. The maximum absolute atomic E-state index is 5.85. The lowest BCUT2D eigenvalue weighted by Gasteiger charge is -2.08. The first-order valence-corrected chi connectivity index (χ1v) is 5.24. The molecule has 0 fully saturated rings. The molecule has 0 radical (unpaired) electrons. The number of hydrogen-bond acceptors (Lipinski definition) is 3. The van der Waals surface area contributed by atoms with Crippen molar-refractivity contribution in [3.05, 3.63) is 48.9 Å². The summed E-state index contributed by atoms with van der Waals surface area (Å²) in [5.74, 6) is 0.560. The summed E-state index contributed by atoms with van der Waals surface area (Å²) in [6.07, 6.45) is 5.36. The van der Waals surface area contributed by atoms with Crippen molar-refractivity contribution in [2.75, 3.05) is 5.73 Å². The highest BCUT2D eigenvalue weighted by molar-refractivity contribution is 5.79. The Kier molecular flexibility index (Phi) is 2.15. The normalized spacial score (nSPS) is 10.6. The maximum Gasteiger partial charge on any atom is 0.126 e. The predicted molar refractivity (Wildman–Crippen MR) is 65.6 cm³/mol. The summed E-state index contributed by atoms with van der Waals surface area (Å²) in [5, 5.41) is 10.9. The highest BCUT2D eigenvalue weighted by atomic mass is 15.3. The Morgan fingerprint density at radius 2 is 2.00 bits per heavy atom. The average molecular weight is 225 g/mol. The summed E-state index contributed by atoms with van der Waals surface area (Å²) in [4.78, 5) is 0. The van der Waals surface area contributed by atoms with E-state index in [4.69, 9.17) is 5.73 Å². The quantitative estimate of drug-likeness (QED) is 0.699. The zero-order chi connectivity index (χ0) is 11.7. The summed E-state index contributed by atoms with van der Waals surface area (Å²) >= 11 is 0. The van der Waals surface area contributed by atoms with E-state index in [2.05, 4.69) is 15.3 Å². The van der Waals surface area contributed by atoms with E-state index in [1.807, 2.05) is 41.2 Å². The van der Waals surface area contributed by atoms with Crippen LogP contribution in [0.2, 0.25) is 0 Å². The molecule has 2 heterocycles. The Morgan fingerprint density at radius 3 is 2.71 bits per heavy atom. The Morgan fingerprint density at radius 1 is 1.12 bits per heavy atom. The van der Waals surface area contributed by atoms with Crippen molar-refractivity contribution >= 4 is 5.82 Å². The van der Waals surface area contributed by atoms with Crippen molar-refractivity contribution in [1.29, 1.82) is 0 Å². The van der Waals surface area contributed by atoms with Gasteiger partial charge in [0.15, 0.2) is 0 Å². The lowest BCUT2D eigenvalue weighted by atomic mass is 10.1. The van der Waals surface area contributed by atoms with E-state index in [1.165, 1.54) is 0 Å². The average Bonchev–Trinajstić information content (AvgIpc) is 3.00. The number of nitrogens with one attached hydrogen (secondary N) is 1. The SMILES string of the molecule is Nc1[nH]ncc1-c1ccccc1-n1cccn1. The number of hydrogen-bond donors (Lipinski definition) is 2. The van der Waals surface area contributed by atoms with Crippen LogP contribution < -0.4 is 5.73 Å². The number of aromatic amines is 1. The molecule has 5 heteroatoms. The molecule has 3 aromatic rings. The lowest BCUT2D eigenvalue weighted by molar-refractivity contribution is 0.882. The highest BCUT2D eigenvalue weighted by Gasteiger charge is 2.10. The van der Waals surface area contributed by atoms with Crippen LogP contribution in [0, 0.1) is 0 Å². The molecule has 3 rings (SSSR count). The number of H-pyrrole nitrogens is 1. The van der Waals surface area contributed by atoms with Crippen LogP contribution >= 0.6 is 0 Å². The van der Waals surface area contributed by atoms with Crippen LogP contribution in [-0.4, -0.2) is 20.0 Å². The van der Waals surface area contributed by atoms with E-state index in [0.29, 0.717) is 5.82 Å². The number of benzene rings is 1. The van der Waals surface area contributed by atoms with Crippen LogP contribution in [0.3, 0.4) is 0 Å². The third-order valence-corrected chi connectivity index (χ3v) is 2.61. The minimum atomic E-state index is 0.560. The molecule has 84 valence electrons. The Hall–Kier alpha value is -2.56. The van der Waals surface area contributed by atoms with Crippen molar-refractivity contribution in [2.24, 2.45) is 0 Å². The first-order chi connectivity index (χ1) is 8.36. The fraction of sp³-hybridized carbons (Fsp3) is 0. The third-order valence-electron chi connectivity index (χ3n) is 2.61. The molecule has 0 unspecified atom stereocenters. The second-order valence-electron chi connectivity index (χ2n) is 3.67. The van der Waals surface area contributed by atoms with E-state index in [0.717, 1.165) is 16.8 Å². The van der Waals surface area contributed by atoms with Gasteiger partial charge in [-0.25, -0.2) is 4.68 Å². The second-order valence-corrected chi connectivity index (χ2v) is 3.67. The molecule has 0 saturated carbocycles. The van der Waals surface area contributed by atoms with Gasteiger partial charge in [-0.3, -0.25) is 5.10 Å². The number of aromatic nitrogens is 4. The summed E-state index contributed by atoms with van der Waals surface area (Å²) in [6.45, 7) is 0. The molecule has 3 N–H and O–H groups in total. The molecule has 0 aliphatic carbocycles. The summed E-state index contributed by atoms with van der Waals surface area (Å²) in [6, 6.07) is 9.81. The zero-order valence-electron chi connectivity index (χ0n) is 9.04. The molecule has 0 bridgehead atoms. The molecule has 0 aliphatic heterocycles. The predicted octanol–water partition coefficient (Wildman–Crippen LogP) is 1.84. The molecule has 0 spiro atoms. The van der Waals surface area contributed by atoms with Crippen LogP contribution in [-0.2, 0) is 0 Å². The number of nitrogens with two attached hydrogens (primary N) is 1. The molecular formula is C12H11N5. The van der Waals surface area contributed by atoms with Gasteiger partial charge in [0.25, 0.3) is 0 Å². The third kappa shape index (κ3) is 1.57. The Labute approximate surface area is 97.9 Å². The van der Waals surface area contributed by atoms with Crippen LogP contribution in [0.1, 0.15) is 0 Å². The van der Waals surface area contributed by atoms with Gasteiger partial charge < -0.3 is 5.73 Å². The molecule has 17 heavy (non-hydrogen) atoms. The summed E-state index contributed by atoms with van der Waals surface area (Å²) in [5.41, 5.74) is 8.71. The highest BCUT2D eigenvalue weighted by Crippen LogP contribution is 2.29. The number of rotatable bonds is 2. The number of para-hydroxylation sites is 1. The second kappa shape index (κ2) is 3.79. The van der Waals surface area contributed by atoms with Gasteiger partial charge in [-0.05, 0) is 12.1 Å². The molecule has 5 nitrogen and oxygen atoms in total. The lowest BCUT2D eigenvalue weighted by Crippen LogP contribution is -1.98. The van der Waals surface area contributed by atoms with Gasteiger partial charge in [-0.2, -0.15) is 10.2 Å². The first-order valence-electron chi connectivity index (χ1n) is 5.24. The van der Waals surface area contributed by atoms with Gasteiger partial charge in [-0.15, -0.1) is 0 Å². The van der Waals surface area contributed by atoms with Crippen LogP contribution in [0.25, 0.3) is 16.8 Å². The number of nitrogens with zero attached hydrogens (tertiary/aromatic N) is 3. The van der Waals surface area contributed by atoms with Crippen molar-refractivity contribution in [2.45, 2.75) is 0 Å². The number of anilines is 1. The summed E-state index contributed by atoms with van der Waals surface area (Å²) in [7, 11) is 0. The Balaban J connectivity index is 2.22. The van der Waals surface area contributed by atoms with Crippen LogP contribution in [0.15, 0.2) is 48.9 Å². The molecule has 2 aromatic heterocycles. The van der Waals surface area contributed by atoms with E-state index >= 15 is 0 Å². The van der Waals surface area contributed by atoms with Gasteiger partial charge in [0.1, 0.15) is 5.82 Å². The molecule has 0 saturated heterocycles. The van der Waals surface area contributed by atoms with Crippen LogP contribution in [0.5, 0.6) is 0 Å². The minimum absolute atomic E-state index is 0.560. The first kappa shape index (κ1) is 9.65. The van der Waals surface area contributed by atoms with Gasteiger partial charge >= 0.3 is 0 Å². The fourth-order valence-corrected chi connectivity index (χ4v) is 1.82. The monoisotopic (exact) mass is 225 g/mol. The zero-order valence-corrected chi connectivity index (χ0v) is 9.04. The van der Waals surface area contributed by atoms with E-state index < -0.39 is 0 Å². The molecule has 0 amide bonds. The van der Waals surface area contributed by atoms with E-state index in [-0.39, 0.29) is 0 Å². The smallest absolute Gasteiger partial charge is 0.126 e. The van der Waals surface area contributed by atoms with Crippen molar-refractivity contribution in [3.8, 4) is 16.8 Å². The topological polar surface area (TPSA) is 72.5 Å². The molecular weight excluding hydrogens is 214 g/mol. The number of nitrogen functional groups attached to an aromatic ring is 1. The van der Waals surface area contributed by atoms with Gasteiger partial charge in [0.05, 0.1) is 11.9 Å². The van der Waals surface area contributed by atoms with Crippen molar-refractivity contribution < 1.29 is 0 Å². The molecule has 1 aromatic carbocycles. The fourth-order valence-electron chi connectivity index (χ4n) is 1.82.